The Morgan fingerprint density at radius 2 is 1.62 bits per heavy atom. The van der Waals surface area contributed by atoms with Crippen LogP contribution < -0.4 is 15.5 Å². The lowest BCUT2D eigenvalue weighted by Gasteiger charge is -2.36. The highest BCUT2D eigenvalue weighted by Gasteiger charge is 2.18. The molecule has 2 saturated heterocycles. The number of benzene rings is 1. The molecule has 2 aliphatic rings. The highest BCUT2D eigenvalue weighted by atomic mass is 16.2. The third kappa shape index (κ3) is 7.27. The number of nitrogens with one attached hydrogen (secondary N) is 2. The maximum Gasteiger partial charge on any atom is 0.313 e. The van der Waals surface area contributed by atoms with E-state index in [-0.39, 0.29) is 0 Å². The zero-order valence-corrected chi connectivity index (χ0v) is 19.9. The molecule has 0 aliphatic carbocycles. The van der Waals surface area contributed by atoms with Gasteiger partial charge >= 0.3 is 11.8 Å². The van der Waals surface area contributed by atoms with Gasteiger partial charge in [0.15, 0.2) is 0 Å². The predicted molar refractivity (Wildman–Crippen MR) is 135 cm³/mol. The molecular formula is C26H36N6O2. The Bertz CT molecular complexity index is 924. The molecule has 0 unspecified atom stereocenters. The molecule has 0 radical (unpaired) electrons. The smallest absolute Gasteiger partial charge is 0.313 e. The van der Waals surface area contributed by atoms with Crippen molar-refractivity contribution in [3.05, 3.63) is 54.4 Å². The van der Waals surface area contributed by atoms with E-state index in [0.717, 1.165) is 64.3 Å². The van der Waals surface area contributed by atoms with Crippen LogP contribution in [0.4, 0.5) is 11.4 Å². The average Bonchev–Trinajstić information content (AvgIpc) is 2.88. The van der Waals surface area contributed by atoms with Gasteiger partial charge in [-0.2, -0.15) is 0 Å². The van der Waals surface area contributed by atoms with Crippen LogP contribution in [0.25, 0.3) is 0 Å². The minimum absolute atomic E-state index is 0.492. The number of amides is 2. The summed E-state index contributed by atoms with van der Waals surface area (Å²) in [7, 11) is 0. The predicted octanol–water partition coefficient (Wildman–Crippen LogP) is 2.33. The molecule has 34 heavy (non-hydrogen) atoms. The molecule has 2 fully saturated rings. The van der Waals surface area contributed by atoms with E-state index in [1.54, 1.807) is 0 Å². The maximum atomic E-state index is 12.3. The number of carbonyl (C=O) groups excluding carboxylic acids is 2. The number of nitrogens with zero attached hydrogens (tertiary/aromatic N) is 4. The Hall–Kier alpha value is -2.97. The standard InChI is InChI=1S/C26H36N6O2/c33-25(26(34)29-23-7-4-6-22(20-23)21-31-13-2-1-3-14-31)28-10-5-15-30-16-18-32(19-17-30)24-8-11-27-12-9-24/h4,6-9,11-12,20H,1-3,5,10,13-19,21H2,(H,28,33)(H,29,34). The molecule has 182 valence electrons. The van der Waals surface area contributed by atoms with Gasteiger partial charge in [0.05, 0.1) is 0 Å². The highest BCUT2D eigenvalue weighted by Crippen LogP contribution is 2.17. The summed E-state index contributed by atoms with van der Waals surface area (Å²) in [5.41, 5.74) is 3.04. The number of piperidine rings is 1. The summed E-state index contributed by atoms with van der Waals surface area (Å²) in [4.78, 5) is 35.9. The first-order valence-corrected chi connectivity index (χ1v) is 12.5. The van der Waals surface area contributed by atoms with Crippen LogP contribution in [-0.4, -0.2) is 79.0 Å². The summed E-state index contributed by atoms with van der Waals surface area (Å²) in [6.07, 6.45) is 8.28. The van der Waals surface area contributed by atoms with Gasteiger partial charge < -0.3 is 15.5 Å². The van der Waals surface area contributed by atoms with Gasteiger partial charge in [-0.05, 0) is 68.7 Å². The number of piperazine rings is 1. The molecule has 4 rings (SSSR count). The molecule has 0 bridgehead atoms. The van der Waals surface area contributed by atoms with E-state index < -0.39 is 11.8 Å². The Balaban J connectivity index is 1.12. The fourth-order valence-electron chi connectivity index (χ4n) is 4.68. The van der Waals surface area contributed by atoms with Crippen LogP contribution in [0.2, 0.25) is 0 Å². The molecule has 1 aromatic carbocycles. The van der Waals surface area contributed by atoms with Gasteiger partial charge in [0.1, 0.15) is 0 Å². The number of likely N-dealkylation sites (tertiary alicyclic amines) is 1. The minimum atomic E-state index is -0.610. The monoisotopic (exact) mass is 464 g/mol. The van der Waals surface area contributed by atoms with Crippen LogP contribution >= 0.6 is 0 Å². The van der Waals surface area contributed by atoms with Crippen LogP contribution in [0.3, 0.4) is 0 Å². The number of anilines is 2. The topological polar surface area (TPSA) is 80.8 Å². The lowest BCUT2D eigenvalue weighted by molar-refractivity contribution is -0.136. The normalized spacial score (nSPS) is 17.4. The molecular weight excluding hydrogens is 428 g/mol. The molecule has 2 aliphatic heterocycles. The highest BCUT2D eigenvalue weighted by molar-refractivity contribution is 6.39. The second kappa shape index (κ2) is 12.5. The van der Waals surface area contributed by atoms with E-state index in [1.165, 1.54) is 24.9 Å². The molecule has 2 amide bonds. The van der Waals surface area contributed by atoms with Crippen molar-refractivity contribution in [1.29, 1.82) is 0 Å². The molecule has 8 heteroatoms. The maximum absolute atomic E-state index is 12.3. The van der Waals surface area contributed by atoms with E-state index in [1.807, 2.05) is 42.7 Å². The summed E-state index contributed by atoms with van der Waals surface area (Å²) in [6.45, 7) is 8.47. The second-order valence-electron chi connectivity index (χ2n) is 9.13. The van der Waals surface area contributed by atoms with E-state index >= 15 is 0 Å². The summed E-state index contributed by atoms with van der Waals surface area (Å²) in [5, 5.41) is 5.49. The quantitative estimate of drug-likeness (QED) is 0.461. The summed E-state index contributed by atoms with van der Waals surface area (Å²) >= 11 is 0. The number of hydrogen-bond donors (Lipinski definition) is 2. The Kier molecular flexibility index (Phi) is 8.87. The zero-order valence-electron chi connectivity index (χ0n) is 19.9. The van der Waals surface area contributed by atoms with Gasteiger partial charge in [-0.15, -0.1) is 0 Å². The molecule has 1 aromatic heterocycles. The lowest BCUT2D eigenvalue weighted by atomic mass is 10.1. The van der Waals surface area contributed by atoms with E-state index in [4.69, 9.17) is 0 Å². The van der Waals surface area contributed by atoms with Crippen molar-refractivity contribution in [2.24, 2.45) is 0 Å². The third-order valence-corrected chi connectivity index (χ3v) is 6.58. The second-order valence-corrected chi connectivity index (χ2v) is 9.13. The molecule has 8 nitrogen and oxygen atoms in total. The number of carbonyl (C=O) groups is 2. The lowest BCUT2D eigenvalue weighted by Crippen LogP contribution is -2.47. The Morgan fingerprint density at radius 3 is 2.38 bits per heavy atom. The van der Waals surface area contributed by atoms with Crippen molar-refractivity contribution in [3.8, 4) is 0 Å². The van der Waals surface area contributed by atoms with E-state index in [9.17, 15) is 9.59 Å². The van der Waals surface area contributed by atoms with Crippen molar-refractivity contribution in [3.63, 3.8) is 0 Å². The van der Waals surface area contributed by atoms with Crippen molar-refractivity contribution >= 4 is 23.2 Å². The number of aromatic nitrogens is 1. The van der Waals surface area contributed by atoms with Crippen LogP contribution in [-0.2, 0) is 16.1 Å². The SMILES string of the molecule is O=C(NCCCN1CCN(c2ccncc2)CC1)C(=O)Nc1cccc(CN2CCCCC2)c1. The first-order valence-electron chi connectivity index (χ1n) is 12.5. The fraction of sp³-hybridized carbons (Fsp3) is 0.500. The average molecular weight is 465 g/mol. The van der Waals surface area contributed by atoms with Crippen LogP contribution in [0.1, 0.15) is 31.2 Å². The van der Waals surface area contributed by atoms with Crippen LogP contribution in [0, 0.1) is 0 Å². The van der Waals surface area contributed by atoms with Crippen molar-refractivity contribution in [2.75, 3.05) is 62.6 Å². The number of rotatable bonds is 8. The Labute approximate surface area is 202 Å². The third-order valence-electron chi connectivity index (χ3n) is 6.58. The summed E-state index contributed by atoms with van der Waals surface area (Å²) in [5.74, 6) is -1.19. The molecule has 0 atom stereocenters. The van der Waals surface area contributed by atoms with Crippen LogP contribution in [0.15, 0.2) is 48.8 Å². The van der Waals surface area contributed by atoms with Gasteiger partial charge in [-0.1, -0.05) is 18.6 Å². The van der Waals surface area contributed by atoms with E-state index in [0.29, 0.717) is 12.2 Å². The van der Waals surface area contributed by atoms with Gasteiger partial charge in [0.2, 0.25) is 0 Å². The van der Waals surface area contributed by atoms with Gasteiger partial charge in [0, 0.05) is 63.0 Å². The summed E-state index contributed by atoms with van der Waals surface area (Å²) in [6, 6.07) is 11.9. The Morgan fingerprint density at radius 1 is 0.853 bits per heavy atom. The first-order chi connectivity index (χ1) is 16.7. The molecule has 2 aromatic rings. The van der Waals surface area contributed by atoms with Crippen LogP contribution in [0.5, 0.6) is 0 Å². The molecule has 0 saturated carbocycles. The summed E-state index contributed by atoms with van der Waals surface area (Å²) < 4.78 is 0. The number of pyridine rings is 1. The zero-order chi connectivity index (χ0) is 23.6. The fourth-order valence-corrected chi connectivity index (χ4v) is 4.68. The largest absolute Gasteiger partial charge is 0.369 e. The molecule has 2 N–H and O–H groups in total. The van der Waals surface area contributed by atoms with Gasteiger partial charge in [-0.25, -0.2) is 0 Å². The minimum Gasteiger partial charge on any atom is -0.369 e. The van der Waals surface area contributed by atoms with Crippen molar-refractivity contribution in [2.45, 2.75) is 32.2 Å². The molecule has 3 heterocycles. The molecule has 0 spiro atoms. The van der Waals surface area contributed by atoms with Crippen molar-refractivity contribution < 1.29 is 9.59 Å². The van der Waals surface area contributed by atoms with Gasteiger partial charge in [0.25, 0.3) is 0 Å². The first kappa shape index (κ1) is 24.2. The van der Waals surface area contributed by atoms with Crippen molar-refractivity contribution in [1.82, 2.24) is 20.1 Å². The van der Waals surface area contributed by atoms with E-state index in [2.05, 4.69) is 36.4 Å². The van der Waals surface area contributed by atoms with Gasteiger partial charge in [-0.3, -0.25) is 24.4 Å². The number of hydrogen-bond acceptors (Lipinski definition) is 6.